The van der Waals surface area contributed by atoms with Gasteiger partial charge in [0.15, 0.2) is 0 Å². The molecule has 13 heteroatoms. The Morgan fingerprint density at radius 3 is 2.58 bits per heavy atom. The first kappa shape index (κ1) is 17.4. The van der Waals surface area contributed by atoms with Gasteiger partial charge in [0.25, 0.3) is 5.69 Å². The first-order valence-corrected chi connectivity index (χ1v) is 6.83. The van der Waals surface area contributed by atoms with Gasteiger partial charge >= 0.3 is 12.2 Å². The number of methoxy groups -OCH3 is 1. The predicted octanol–water partition coefficient (Wildman–Crippen LogP) is 3.12. The molecule has 2 amide bonds. The van der Waals surface area contributed by atoms with Crippen LogP contribution in [0.15, 0.2) is 18.2 Å². The SMILES string of the molecule is COc1cc([N+](=O)[O-])ccc1NC(=O)Nc1nnc(C(F)(F)F)s1. The maximum Gasteiger partial charge on any atom is 0.445 e. The van der Waals surface area contributed by atoms with Gasteiger partial charge in [-0.2, -0.15) is 13.2 Å². The highest BCUT2D eigenvalue weighted by molar-refractivity contribution is 7.15. The Hall–Kier alpha value is -2.96. The zero-order chi connectivity index (χ0) is 17.9. The lowest BCUT2D eigenvalue weighted by Crippen LogP contribution is -2.19. The van der Waals surface area contributed by atoms with Gasteiger partial charge in [0.2, 0.25) is 10.1 Å². The van der Waals surface area contributed by atoms with Crippen LogP contribution in [0.3, 0.4) is 0 Å². The van der Waals surface area contributed by atoms with Gasteiger partial charge < -0.3 is 10.1 Å². The smallest absolute Gasteiger partial charge is 0.445 e. The fraction of sp³-hybridized carbons (Fsp3) is 0.182. The monoisotopic (exact) mass is 363 g/mol. The third kappa shape index (κ3) is 4.07. The standard InChI is InChI=1S/C11H8F3N5O4S/c1-23-7-4-5(19(21)22)2-3-6(7)15-9(20)16-10-18-17-8(24-10)11(12,13)14/h2-4H,1H3,(H2,15,16,18,20). The zero-order valence-electron chi connectivity index (χ0n) is 11.7. The van der Waals surface area contributed by atoms with E-state index < -0.39 is 22.1 Å². The van der Waals surface area contributed by atoms with Crippen LogP contribution < -0.4 is 15.4 Å². The molecule has 1 aromatic heterocycles. The molecule has 0 aliphatic rings. The van der Waals surface area contributed by atoms with Gasteiger partial charge in [0.05, 0.1) is 23.8 Å². The Morgan fingerprint density at radius 2 is 2.04 bits per heavy atom. The summed E-state index contributed by atoms with van der Waals surface area (Å²) in [5.41, 5.74) is -0.169. The van der Waals surface area contributed by atoms with Gasteiger partial charge in [-0.3, -0.25) is 15.4 Å². The first-order valence-electron chi connectivity index (χ1n) is 6.02. The number of halogens is 3. The summed E-state index contributed by atoms with van der Waals surface area (Å²) >= 11 is 0.155. The summed E-state index contributed by atoms with van der Waals surface area (Å²) in [4.78, 5) is 21.8. The van der Waals surface area contributed by atoms with E-state index in [9.17, 15) is 28.1 Å². The van der Waals surface area contributed by atoms with Crippen molar-refractivity contribution in [3.63, 3.8) is 0 Å². The number of benzene rings is 1. The third-order valence-corrected chi connectivity index (χ3v) is 3.42. The number of nitro benzene ring substituents is 1. The number of rotatable bonds is 4. The Morgan fingerprint density at radius 1 is 1.33 bits per heavy atom. The Labute approximate surface area is 135 Å². The molecule has 0 atom stereocenters. The average molecular weight is 363 g/mol. The molecule has 0 unspecified atom stereocenters. The Balaban J connectivity index is 2.10. The number of hydrogen-bond donors (Lipinski definition) is 2. The van der Waals surface area contributed by atoms with Gasteiger partial charge in [-0.15, -0.1) is 10.2 Å². The number of carbonyl (C=O) groups excluding carboxylic acids is 1. The van der Waals surface area contributed by atoms with Crippen LogP contribution in [0.4, 0.5) is 34.5 Å². The third-order valence-electron chi connectivity index (χ3n) is 2.53. The normalized spacial score (nSPS) is 11.0. The number of carbonyl (C=O) groups is 1. The lowest BCUT2D eigenvalue weighted by Gasteiger charge is -2.09. The van der Waals surface area contributed by atoms with Crippen molar-refractivity contribution < 1.29 is 27.6 Å². The molecule has 1 aromatic carbocycles. The van der Waals surface area contributed by atoms with Crippen molar-refractivity contribution in [2.75, 3.05) is 17.7 Å². The number of nitrogens with one attached hydrogen (secondary N) is 2. The molecule has 0 saturated heterocycles. The molecule has 0 spiro atoms. The molecule has 0 saturated carbocycles. The summed E-state index contributed by atoms with van der Waals surface area (Å²) < 4.78 is 42.1. The molecule has 2 aromatic rings. The van der Waals surface area contributed by atoms with Crippen LogP contribution in [0.5, 0.6) is 5.75 Å². The van der Waals surface area contributed by atoms with Crippen molar-refractivity contribution >= 4 is 33.9 Å². The number of aromatic nitrogens is 2. The first-order chi connectivity index (χ1) is 11.2. The number of non-ortho nitro benzene ring substituents is 1. The fourth-order valence-corrected chi connectivity index (χ4v) is 2.14. The number of nitrogens with zero attached hydrogens (tertiary/aromatic N) is 3. The minimum absolute atomic E-state index is 0.00703. The summed E-state index contributed by atoms with van der Waals surface area (Å²) in [6.45, 7) is 0. The van der Waals surface area contributed by atoms with Crippen molar-refractivity contribution in [2.45, 2.75) is 6.18 Å². The van der Waals surface area contributed by atoms with Crippen molar-refractivity contribution in [1.29, 1.82) is 0 Å². The summed E-state index contributed by atoms with van der Waals surface area (Å²) in [7, 11) is 1.24. The molecular formula is C11H8F3N5O4S. The van der Waals surface area contributed by atoms with E-state index in [-0.39, 0.29) is 33.6 Å². The molecule has 2 rings (SSSR count). The summed E-state index contributed by atoms with van der Waals surface area (Å²) in [5, 5.41) is 19.6. The number of hydrogen-bond acceptors (Lipinski definition) is 7. The highest BCUT2D eigenvalue weighted by Gasteiger charge is 2.35. The molecule has 0 radical (unpaired) electrons. The van der Waals surface area contributed by atoms with Gasteiger partial charge in [-0.05, 0) is 6.07 Å². The molecule has 128 valence electrons. The van der Waals surface area contributed by atoms with E-state index in [1.165, 1.54) is 13.2 Å². The molecule has 0 aliphatic carbocycles. The second-order valence-corrected chi connectivity index (χ2v) is 5.11. The number of anilines is 2. The van der Waals surface area contributed by atoms with Gasteiger partial charge in [-0.25, -0.2) is 4.79 Å². The van der Waals surface area contributed by atoms with E-state index in [2.05, 4.69) is 20.8 Å². The lowest BCUT2D eigenvalue weighted by molar-refractivity contribution is -0.384. The second kappa shape index (κ2) is 6.66. The highest BCUT2D eigenvalue weighted by atomic mass is 32.1. The van der Waals surface area contributed by atoms with Crippen LogP contribution in [0.2, 0.25) is 0 Å². The Bertz CT molecular complexity index is 779. The lowest BCUT2D eigenvalue weighted by atomic mass is 10.2. The van der Waals surface area contributed by atoms with E-state index >= 15 is 0 Å². The van der Waals surface area contributed by atoms with Crippen LogP contribution in [-0.2, 0) is 6.18 Å². The molecule has 2 N–H and O–H groups in total. The summed E-state index contributed by atoms with van der Waals surface area (Å²) in [6.07, 6.45) is -4.66. The molecule has 0 fully saturated rings. The maximum absolute atomic E-state index is 12.4. The molecule has 0 bridgehead atoms. The van der Waals surface area contributed by atoms with Crippen molar-refractivity contribution in [3.05, 3.63) is 33.3 Å². The highest BCUT2D eigenvalue weighted by Crippen LogP contribution is 2.33. The number of amides is 2. The minimum Gasteiger partial charge on any atom is -0.494 e. The summed E-state index contributed by atoms with van der Waals surface area (Å²) in [5.74, 6) is 0.00703. The van der Waals surface area contributed by atoms with Gasteiger partial charge in [0.1, 0.15) is 5.75 Å². The van der Waals surface area contributed by atoms with Gasteiger partial charge in [-0.1, -0.05) is 11.3 Å². The van der Waals surface area contributed by atoms with E-state index in [0.717, 1.165) is 12.1 Å². The van der Waals surface area contributed by atoms with E-state index in [0.29, 0.717) is 0 Å². The van der Waals surface area contributed by atoms with Gasteiger partial charge in [0, 0.05) is 6.07 Å². The van der Waals surface area contributed by atoms with E-state index in [4.69, 9.17) is 4.74 Å². The number of nitro groups is 1. The molecule has 24 heavy (non-hydrogen) atoms. The molecule has 0 aliphatic heterocycles. The quantitative estimate of drug-likeness (QED) is 0.636. The van der Waals surface area contributed by atoms with Crippen molar-refractivity contribution in [3.8, 4) is 5.75 Å². The maximum atomic E-state index is 12.4. The van der Waals surface area contributed by atoms with Crippen LogP contribution in [0.1, 0.15) is 5.01 Å². The van der Waals surface area contributed by atoms with Crippen LogP contribution in [-0.4, -0.2) is 28.3 Å². The molecule has 1 heterocycles. The van der Waals surface area contributed by atoms with Crippen LogP contribution in [0, 0.1) is 10.1 Å². The summed E-state index contributed by atoms with van der Waals surface area (Å²) in [6, 6.07) is 2.53. The number of ether oxygens (including phenoxy) is 1. The minimum atomic E-state index is -4.66. The van der Waals surface area contributed by atoms with Crippen molar-refractivity contribution in [1.82, 2.24) is 10.2 Å². The Kier molecular flexibility index (Phi) is 4.82. The zero-order valence-corrected chi connectivity index (χ0v) is 12.6. The average Bonchev–Trinajstić information content (AvgIpc) is 2.95. The molecular weight excluding hydrogens is 355 g/mol. The topological polar surface area (TPSA) is 119 Å². The van der Waals surface area contributed by atoms with E-state index in [1.54, 1.807) is 0 Å². The van der Waals surface area contributed by atoms with Crippen molar-refractivity contribution in [2.24, 2.45) is 0 Å². The fourth-order valence-electron chi connectivity index (χ4n) is 1.54. The number of urea groups is 1. The van der Waals surface area contributed by atoms with Crippen LogP contribution >= 0.6 is 11.3 Å². The second-order valence-electron chi connectivity index (χ2n) is 4.13. The van der Waals surface area contributed by atoms with Crippen LogP contribution in [0.25, 0.3) is 0 Å². The van der Waals surface area contributed by atoms with E-state index in [1.807, 2.05) is 0 Å². The molecule has 9 nitrogen and oxygen atoms in total. The predicted molar refractivity (Wildman–Crippen MR) is 77.2 cm³/mol. The largest absolute Gasteiger partial charge is 0.494 e. The number of alkyl halides is 3.